The molecular formula is C6H13NO2. The van der Waals surface area contributed by atoms with E-state index in [4.69, 9.17) is 0 Å². The Hall–Kier alpha value is -0.860. The van der Waals surface area contributed by atoms with E-state index in [0.717, 1.165) is 0 Å². The number of Topliss-reactive ketones (excluding diaryl/α,β-unsaturated/α-hetero) is 1. The van der Waals surface area contributed by atoms with E-state index in [1.807, 2.05) is 6.92 Å². The Kier molecular flexibility index (Phi) is 4.78. The summed E-state index contributed by atoms with van der Waals surface area (Å²) in [6.07, 6.45) is 1.61. The molecule has 0 aliphatic rings. The molecule has 0 bridgehead atoms. The standard InChI is InChI=1S/C6H11NO2.H2/c1-2-6(9)3-4-7-5-8;/h5H,2-4H2,1H3,(H,7,8);1H. The third-order valence-corrected chi connectivity index (χ3v) is 1.03. The molecule has 0 heterocycles. The van der Waals surface area contributed by atoms with Crippen molar-refractivity contribution in [2.24, 2.45) is 0 Å². The third kappa shape index (κ3) is 5.00. The number of ketones is 1. The Labute approximate surface area is 55.9 Å². The van der Waals surface area contributed by atoms with E-state index in [9.17, 15) is 9.59 Å². The van der Waals surface area contributed by atoms with Crippen LogP contribution in [0.25, 0.3) is 0 Å². The van der Waals surface area contributed by atoms with Gasteiger partial charge in [0.1, 0.15) is 5.78 Å². The van der Waals surface area contributed by atoms with Crippen LogP contribution in [-0.4, -0.2) is 18.7 Å². The van der Waals surface area contributed by atoms with Crippen molar-refractivity contribution in [1.82, 2.24) is 5.32 Å². The monoisotopic (exact) mass is 131 g/mol. The van der Waals surface area contributed by atoms with Gasteiger partial charge >= 0.3 is 0 Å². The maximum absolute atomic E-state index is 10.5. The van der Waals surface area contributed by atoms with E-state index < -0.39 is 0 Å². The summed E-state index contributed by atoms with van der Waals surface area (Å²) < 4.78 is 0. The number of nitrogens with one attached hydrogen (secondary N) is 1. The van der Waals surface area contributed by atoms with Crippen molar-refractivity contribution in [2.75, 3.05) is 6.54 Å². The van der Waals surface area contributed by atoms with E-state index in [0.29, 0.717) is 25.8 Å². The first-order valence-corrected chi connectivity index (χ1v) is 3.00. The Balaban J connectivity index is 0. The van der Waals surface area contributed by atoms with Gasteiger partial charge in [0.05, 0.1) is 0 Å². The highest BCUT2D eigenvalue weighted by molar-refractivity contribution is 5.78. The number of hydrogen-bond acceptors (Lipinski definition) is 2. The van der Waals surface area contributed by atoms with Crippen LogP contribution < -0.4 is 5.32 Å². The van der Waals surface area contributed by atoms with Gasteiger partial charge in [-0.05, 0) is 0 Å². The Morgan fingerprint density at radius 1 is 1.78 bits per heavy atom. The summed E-state index contributed by atoms with van der Waals surface area (Å²) in [6.45, 7) is 2.28. The Morgan fingerprint density at radius 3 is 2.89 bits per heavy atom. The summed E-state index contributed by atoms with van der Waals surface area (Å²) in [7, 11) is 0. The van der Waals surface area contributed by atoms with Crippen molar-refractivity contribution in [1.29, 1.82) is 0 Å². The van der Waals surface area contributed by atoms with Crippen LogP contribution in [-0.2, 0) is 9.59 Å². The summed E-state index contributed by atoms with van der Waals surface area (Å²) in [5.74, 6) is 0.185. The SMILES string of the molecule is CCC(=O)CCNC=O.[HH]. The minimum absolute atomic E-state index is 0. The number of rotatable bonds is 5. The molecule has 0 aromatic heterocycles. The molecule has 0 atom stereocenters. The summed E-state index contributed by atoms with van der Waals surface area (Å²) in [5, 5.41) is 2.41. The largest absolute Gasteiger partial charge is 0.358 e. The molecule has 54 valence electrons. The zero-order valence-electron chi connectivity index (χ0n) is 5.52. The lowest BCUT2D eigenvalue weighted by molar-refractivity contribution is -0.118. The minimum Gasteiger partial charge on any atom is -0.358 e. The number of carbonyl (C=O) groups is 2. The molecule has 0 radical (unpaired) electrons. The Bertz CT molecular complexity index is 106. The lowest BCUT2D eigenvalue weighted by atomic mass is 10.2. The first kappa shape index (κ1) is 8.14. The molecule has 0 aromatic carbocycles. The molecule has 3 nitrogen and oxygen atoms in total. The molecule has 0 rings (SSSR count). The molecule has 9 heavy (non-hydrogen) atoms. The van der Waals surface area contributed by atoms with Gasteiger partial charge in [-0.1, -0.05) is 6.92 Å². The quantitative estimate of drug-likeness (QED) is 0.432. The maximum atomic E-state index is 10.5. The highest BCUT2D eigenvalue weighted by Crippen LogP contribution is 1.84. The van der Waals surface area contributed by atoms with Crippen LogP contribution in [0, 0.1) is 0 Å². The van der Waals surface area contributed by atoms with Crippen molar-refractivity contribution >= 4 is 12.2 Å². The molecule has 0 spiro atoms. The first-order valence-electron chi connectivity index (χ1n) is 3.00. The molecule has 0 aliphatic carbocycles. The maximum Gasteiger partial charge on any atom is 0.207 e. The zero-order chi connectivity index (χ0) is 7.11. The summed E-state index contributed by atoms with van der Waals surface area (Å²) >= 11 is 0. The van der Waals surface area contributed by atoms with Crippen molar-refractivity contribution in [2.45, 2.75) is 19.8 Å². The molecule has 0 aliphatic heterocycles. The molecule has 0 saturated heterocycles. The van der Waals surface area contributed by atoms with E-state index >= 15 is 0 Å². The topological polar surface area (TPSA) is 46.2 Å². The van der Waals surface area contributed by atoms with Crippen molar-refractivity contribution < 1.29 is 11.0 Å². The molecule has 1 amide bonds. The minimum atomic E-state index is 0. The van der Waals surface area contributed by atoms with Gasteiger partial charge in [0.15, 0.2) is 0 Å². The zero-order valence-corrected chi connectivity index (χ0v) is 5.52. The van der Waals surface area contributed by atoms with E-state index in [1.165, 1.54) is 0 Å². The van der Waals surface area contributed by atoms with Crippen LogP contribution in [0.3, 0.4) is 0 Å². The van der Waals surface area contributed by atoms with Gasteiger partial charge in [0.25, 0.3) is 0 Å². The normalized spacial score (nSPS) is 8.56. The summed E-state index contributed by atoms with van der Waals surface area (Å²) in [4.78, 5) is 20.2. The molecule has 3 heteroatoms. The second-order valence-electron chi connectivity index (χ2n) is 1.71. The molecule has 0 unspecified atom stereocenters. The lowest BCUT2D eigenvalue weighted by Crippen LogP contribution is -2.15. The summed E-state index contributed by atoms with van der Waals surface area (Å²) in [6, 6.07) is 0. The molecule has 0 fully saturated rings. The summed E-state index contributed by atoms with van der Waals surface area (Å²) in [5.41, 5.74) is 0. The predicted molar refractivity (Wildman–Crippen MR) is 36.1 cm³/mol. The second kappa shape index (κ2) is 5.28. The lowest BCUT2D eigenvalue weighted by Gasteiger charge is -1.93. The van der Waals surface area contributed by atoms with Gasteiger partial charge in [-0.15, -0.1) is 0 Å². The van der Waals surface area contributed by atoms with Gasteiger partial charge in [0.2, 0.25) is 6.41 Å². The van der Waals surface area contributed by atoms with Crippen molar-refractivity contribution in [3.05, 3.63) is 0 Å². The fourth-order valence-electron chi connectivity index (χ4n) is 0.447. The molecule has 0 aromatic rings. The Morgan fingerprint density at radius 2 is 2.44 bits per heavy atom. The average Bonchev–Trinajstić information content (AvgIpc) is 1.89. The fraction of sp³-hybridized carbons (Fsp3) is 0.667. The second-order valence-corrected chi connectivity index (χ2v) is 1.71. The highest BCUT2D eigenvalue weighted by atomic mass is 16.1. The first-order chi connectivity index (χ1) is 4.31. The van der Waals surface area contributed by atoms with Gasteiger partial charge in [-0.25, -0.2) is 0 Å². The molecular weight excluding hydrogens is 118 g/mol. The van der Waals surface area contributed by atoms with Crippen molar-refractivity contribution in [3.8, 4) is 0 Å². The third-order valence-electron chi connectivity index (χ3n) is 1.03. The predicted octanol–water partition coefficient (Wildman–Crippen LogP) is 0.348. The number of amides is 1. The molecule has 1 N–H and O–H groups in total. The fourth-order valence-corrected chi connectivity index (χ4v) is 0.447. The van der Waals surface area contributed by atoms with Gasteiger partial charge in [0, 0.05) is 20.8 Å². The van der Waals surface area contributed by atoms with Crippen LogP contribution in [0.2, 0.25) is 0 Å². The van der Waals surface area contributed by atoms with Crippen LogP contribution in [0.5, 0.6) is 0 Å². The number of carbonyl (C=O) groups excluding carboxylic acids is 2. The number of hydrogen-bond donors (Lipinski definition) is 1. The van der Waals surface area contributed by atoms with Crippen LogP contribution in [0.4, 0.5) is 0 Å². The van der Waals surface area contributed by atoms with Gasteiger partial charge in [-0.2, -0.15) is 0 Å². The van der Waals surface area contributed by atoms with Crippen LogP contribution in [0.15, 0.2) is 0 Å². The van der Waals surface area contributed by atoms with Crippen LogP contribution in [0.1, 0.15) is 21.2 Å². The van der Waals surface area contributed by atoms with E-state index in [2.05, 4.69) is 5.32 Å². The highest BCUT2D eigenvalue weighted by Gasteiger charge is 1.94. The van der Waals surface area contributed by atoms with Crippen molar-refractivity contribution in [3.63, 3.8) is 0 Å². The molecule has 0 saturated carbocycles. The van der Waals surface area contributed by atoms with E-state index in [1.54, 1.807) is 0 Å². The average molecular weight is 131 g/mol. The van der Waals surface area contributed by atoms with Crippen LogP contribution >= 0.6 is 0 Å². The smallest absolute Gasteiger partial charge is 0.207 e. The van der Waals surface area contributed by atoms with Gasteiger partial charge < -0.3 is 5.32 Å². The van der Waals surface area contributed by atoms with Gasteiger partial charge in [-0.3, -0.25) is 9.59 Å². The van der Waals surface area contributed by atoms with E-state index in [-0.39, 0.29) is 7.21 Å².